The first-order chi connectivity index (χ1) is 11.4. The molecule has 0 radical (unpaired) electrons. The van der Waals surface area contributed by atoms with E-state index in [4.69, 9.17) is 31.9 Å². The van der Waals surface area contributed by atoms with E-state index in [1.807, 2.05) is 0 Å². The summed E-state index contributed by atoms with van der Waals surface area (Å²) < 4.78 is 0. The number of nitrogens with one attached hydrogen (secondary N) is 1. The van der Waals surface area contributed by atoms with Crippen molar-refractivity contribution in [3.8, 4) is 0 Å². The first kappa shape index (κ1) is 27.6. The lowest BCUT2D eigenvalue weighted by atomic mass is 10.2. The number of aliphatic carboxylic acids is 4. The number of carboxylic acid groups (broad SMARTS) is 4. The highest BCUT2D eigenvalue weighted by Crippen LogP contribution is 2.03. The van der Waals surface area contributed by atoms with Gasteiger partial charge < -0.3 is 42.9 Å². The van der Waals surface area contributed by atoms with Crippen LogP contribution in [-0.4, -0.2) is 75.5 Å². The number of carboxylic acids is 4. The molecule has 0 aromatic carbocycles. The van der Waals surface area contributed by atoms with E-state index in [1.54, 1.807) is 0 Å². The number of carbonyl (C=O) groups is 4. The molecule has 12 heteroatoms. The lowest BCUT2D eigenvalue weighted by molar-refractivity contribution is -0.139. The highest BCUT2D eigenvalue weighted by molar-refractivity contribution is 5.73. The number of hydrogen-bond donors (Lipinski definition) is 8. The zero-order valence-corrected chi connectivity index (χ0v) is 14.2. The van der Waals surface area contributed by atoms with Crippen molar-refractivity contribution in [1.82, 2.24) is 5.32 Å². The normalized spacial score (nSPS) is 17.1. The highest BCUT2D eigenvalue weighted by atomic mass is 16.4. The first-order valence-corrected chi connectivity index (χ1v) is 7.21. The van der Waals surface area contributed by atoms with Crippen LogP contribution in [0.25, 0.3) is 0 Å². The van der Waals surface area contributed by atoms with E-state index in [-0.39, 0.29) is 12.6 Å². The van der Waals surface area contributed by atoms with Crippen molar-refractivity contribution in [2.75, 3.05) is 13.1 Å². The molecule has 148 valence electrons. The summed E-state index contributed by atoms with van der Waals surface area (Å²) in [5.41, 5.74) is 14.2. The van der Waals surface area contributed by atoms with Gasteiger partial charge in [-0.2, -0.15) is 0 Å². The standard InChI is InChI=1S/C5H9NO2.2C3H7NO2.C2H5NO2/c7-5(8)4-2-1-3-6-4;2*1-2(4)3(5)6;3-1-2(4)5/h4,6H,1-3H2,(H,7,8);2*2H,4H2,1H3,(H,5,6);1,3H2,(H,4,5)/t4-;2*2-;/m000./s1. The number of hydrogen-bond acceptors (Lipinski definition) is 8. The van der Waals surface area contributed by atoms with Crippen LogP contribution in [0.15, 0.2) is 0 Å². The smallest absolute Gasteiger partial charge is 0.320 e. The predicted molar refractivity (Wildman–Crippen MR) is 87.9 cm³/mol. The van der Waals surface area contributed by atoms with Gasteiger partial charge in [0.25, 0.3) is 0 Å². The molecule has 0 amide bonds. The Bertz CT molecular complexity index is 391. The average Bonchev–Trinajstić information content (AvgIpc) is 3.03. The van der Waals surface area contributed by atoms with Crippen molar-refractivity contribution in [3.05, 3.63) is 0 Å². The van der Waals surface area contributed by atoms with Crippen molar-refractivity contribution >= 4 is 23.9 Å². The minimum Gasteiger partial charge on any atom is -0.480 e. The minimum atomic E-state index is -0.968. The van der Waals surface area contributed by atoms with Crippen LogP contribution in [0, 0.1) is 0 Å². The van der Waals surface area contributed by atoms with Gasteiger partial charge in [-0.3, -0.25) is 19.2 Å². The quantitative estimate of drug-likeness (QED) is 0.261. The number of rotatable bonds is 4. The summed E-state index contributed by atoms with van der Waals surface area (Å²) >= 11 is 0. The van der Waals surface area contributed by atoms with Gasteiger partial charge in [-0.25, -0.2) is 0 Å². The number of nitrogens with two attached hydrogens (primary N) is 3. The van der Waals surface area contributed by atoms with Crippen LogP contribution in [0.5, 0.6) is 0 Å². The fourth-order valence-electron chi connectivity index (χ4n) is 0.895. The van der Waals surface area contributed by atoms with E-state index in [0.717, 1.165) is 19.4 Å². The maximum absolute atomic E-state index is 10.1. The van der Waals surface area contributed by atoms with Crippen LogP contribution in [0.2, 0.25) is 0 Å². The van der Waals surface area contributed by atoms with Gasteiger partial charge in [0.1, 0.15) is 18.1 Å². The summed E-state index contributed by atoms with van der Waals surface area (Å²) in [6, 6.07) is -1.73. The third-order valence-corrected chi connectivity index (χ3v) is 2.31. The summed E-state index contributed by atoms with van der Waals surface area (Å²) in [6.07, 6.45) is 1.78. The van der Waals surface area contributed by atoms with Crippen molar-refractivity contribution < 1.29 is 39.6 Å². The first-order valence-electron chi connectivity index (χ1n) is 7.21. The van der Waals surface area contributed by atoms with Gasteiger partial charge in [-0.15, -0.1) is 0 Å². The Balaban J connectivity index is -0.000000263. The summed E-state index contributed by atoms with van der Waals surface area (Å²) in [5, 5.41) is 34.5. The monoisotopic (exact) mass is 368 g/mol. The SMILES string of the molecule is C[C@H](N)C(=O)O.C[C@H](N)C(=O)O.NCC(=O)O.O=C(O)[C@@H]1CCCN1. The van der Waals surface area contributed by atoms with Crippen LogP contribution in [0.4, 0.5) is 0 Å². The van der Waals surface area contributed by atoms with Crippen molar-refractivity contribution in [2.45, 2.75) is 44.8 Å². The van der Waals surface area contributed by atoms with Crippen LogP contribution in [-0.2, 0) is 19.2 Å². The molecule has 0 saturated carbocycles. The molecule has 1 saturated heterocycles. The fourth-order valence-corrected chi connectivity index (χ4v) is 0.895. The lowest BCUT2D eigenvalue weighted by Crippen LogP contribution is -2.29. The molecule has 12 nitrogen and oxygen atoms in total. The molecular formula is C13H28N4O8. The molecule has 0 unspecified atom stereocenters. The van der Waals surface area contributed by atoms with Crippen molar-refractivity contribution in [1.29, 1.82) is 0 Å². The second-order valence-corrected chi connectivity index (χ2v) is 4.84. The van der Waals surface area contributed by atoms with E-state index < -0.39 is 36.0 Å². The Morgan fingerprint density at radius 3 is 1.40 bits per heavy atom. The molecule has 1 rings (SSSR count). The van der Waals surface area contributed by atoms with Gasteiger partial charge in [0, 0.05) is 0 Å². The molecule has 25 heavy (non-hydrogen) atoms. The molecule has 0 aromatic heterocycles. The Morgan fingerprint density at radius 2 is 1.32 bits per heavy atom. The lowest BCUT2D eigenvalue weighted by Gasteiger charge is -1.99. The van der Waals surface area contributed by atoms with Gasteiger partial charge in [0.2, 0.25) is 0 Å². The molecule has 1 aliphatic rings. The summed E-state index contributed by atoms with van der Waals surface area (Å²) in [7, 11) is 0. The Morgan fingerprint density at radius 1 is 1.00 bits per heavy atom. The van der Waals surface area contributed by atoms with E-state index in [9.17, 15) is 19.2 Å². The molecule has 1 aliphatic heterocycles. The van der Waals surface area contributed by atoms with E-state index in [1.165, 1.54) is 13.8 Å². The van der Waals surface area contributed by atoms with Crippen molar-refractivity contribution in [2.24, 2.45) is 17.2 Å². The molecule has 3 atom stereocenters. The zero-order chi connectivity index (χ0) is 20.6. The molecule has 1 heterocycles. The summed E-state index contributed by atoms with van der Waals surface area (Å²) in [6.45, 7) is 3.42. The van der Waals surface area contributed by atoms with Gasteiger partial charge >= 0.3 is 23.9 Å². The van der Waals surface area contributed by atoms with Gasteiger partial charge in [-0.1, -0.05) is 0 Å². The van der Waals surface area contributed by atoms with Crippen molar-refractivity contribution in [3.63, 3.8) is 0 Å². The van der Waals surface area contributed by atoms with E-state index in [0.29, 0.717) is 0 Å². The highest BCUT2D eigenvalue weighted by Gasteiger charge is 2.20. The van der Waals surface area contributed by atoms with Crippen LogP contribution in [0.1, 0.15) is 26.7 Å². The molecule has 0 spiro atoms. The van der Waals surface area contributed by atoms with Gasteiger partial charge in [0.05, 0.1) is 6.54 Å². The Labute approximate surface area is 145 Å². The maximum Gasteiger partial charge on any atom is 0.320 e. The molecule has 1 fully saturated rings. The molecule has 0 aliphatic carbocycles. The Kier molecular flexibility index (Phi) is 18.3. The van der Waals surface area contributed by atoms with Gasteiger partial charge in [0.15, 0.2) is 0 Å². The van der Waals surface area contributed by atoms with E-state index in [2.05, 4.69) is 11.1 Å². The second kappa shape index (κ2) is 16.6. The average molecular weight is 368 g/mol. The Hall–Kier alpha value is -2.28. The molecule has 0 bridgehead atoms. The summed E-state index contributed by atoms with van der Waals surface area (Å²) in [4.78, 5) is 38.5. The minimum absolute atomic E-state index is 0.269. The third-order valence-electron chi connectivity index (χ3n) is 2.31. The largest absolute Gasteiger partial charge is 0.480 e. The molecule has 11 N–H and O–H groups in total. The zero-order valence-electron chi connectivity index (χ0n) is 14.2. The van der Waals surface area contributed by atoms with Gasteiger partial charge in [-0.05, 0) is 33.2 Å². The molecular weight excluding hydrogens is 340 g/mol. The second-order valence-electron chi connectivity index (χ2n) is 4.84. The fraction of sp³-hybridized carbons (Fsp3) is 0.692. The molecule has 0 aromatic rings. The topological polar surface area (TPSA) is 239 Å². The summed E-state index contributed by atoms with van der Waals surface area (Å²) in [5.74, 6) is -3.61. The predicted octanol–water partition coefficient (Wildman–Crippen LogP) is -2.31. The third kappa shape index (κ3) is 24.1. The van der Waals surface area contributed by atoms with Crippen LogP contribution >= 0.6 is 0 Å². The maximum atomic E-state index is 10.1. The van der Waals surface area contributed by atoms with Crippen LogP contribution in [0.3, 0.4) is 0 Å². The van der Waals surface area contributed by atoms with E-state index >= 15 is 0 Å². The van der Waals surface area contributed by atoms with Crippen LogP contribution < -0.4 is 22.5 Å².